The highest BCUT2D eigenvalue weighted by atomic mass is 19.4. The number of likely N-dealkylation sites (N-methyl/N-ethyl adjacent to an activating group) is 1. The number of fused-ring (bicyclic) bond motifs is 1. The van der Waals surface area contributed by atoms with Crippen molar-refractivity contribution >= 4 is 31.4 Å². The van der Waals surface area contributed by atoms with Gasteiger partial charge < -0.3 is 10.6 Å². The summed E-state index contributed by atoms with van der Waals surface area (Å²) >= 11 is 0. The highest BCUT2D eigenvalue weighted by Gasteiger charge is 2.53. The zero-order valence-corrected chi connectivity index (χ0v) is 24.9. The summed E-state index contributed by atoms with van der Waals surface area (Å²) in [4.78, 5) is 41.8. The number of amides is 3. The average molecular weight is 629 g/mol. The zero-order valence-electron chi connectivity index (χ0n) is 24.9. The molecule has 0 spiro atoms. The third kappa shape index (κ3) is 5.80. The summed E-state index contributed by atoms with van der Waals surface area (Å²) in [6.07, 6.45) is -4.72. The largest absolute Gasteiger partial charge is 0.416 e. The lowest BCUT2D eigenvalue weighted by molar-refractivity contribution is -0.137. The zero-order chi connectivity index (χ0) is 33.4. The maximum atomic E-state index is 14.4. The minimum Gasteiger partial charge on any atom is -0.347 e. The summed E-state index contributed by atoms with van der Waals surface area (Å²) in [5.41, 5.74) is 0.0385. The molecule has 8 nitrogen and oxygen atoms in total. The van der Waals surface area contributed by atoms with Crippen LogP contribution < -0.4 is 15.5 Å². The first-order valence-electron chi connectivity index (χ1n) is 14.2. The van der Waals surface area contributed by atoms with Crippen LogP contribution in [0.4, 0.5) is 23.4 Å². The summed E-state index contributed by atoms with van der Waals surface area (Å²) in [5.74, 6) is -2.50. The second-order valence-electron chi connectivity index (χ2n) is 10.8. The molecule has 2 radical (unpaired) electrons. The van der Waals surface area contributed by atoms with E-state index in [2.05, 4.69) is 17.2 Å². The summed E-state index contributed by atoms with van der Waals surface area (Å²) in [6, 6.07) is 16.0. The summed E-state index contributed by atoms with van der Waals surface area (Å²) in [7, 11) is 7.23. The van der Waals surface area contributed by atoms with Crippen molar-refractivity contribution in [2.75, 3.05) is 11.4 Å². The fourth-order valence-electron chi connectivity index (χ4n) is 5.48. The molecular weight excluding hydrogens is 601 g/mol. The minimum absolute atomic E-state index is 0.0807. The van der Waals surface area contributed by atoms with E-state index in [1.54, 1.807) is 37.3 Å². The number of para-hydroxylation sites is 1. The number of benzene rings is 3. The molecular formula is C33H28BF4N5O3. The maximum absolute atomic E-state index is 14.4. The van der Waals surface area contributed by atoms with Crippen molar-refractivity contribution < 1.29 is 31.9 Å². The maximum Gasteiger partial charge on any atom is 0.416 e. The van der Waals surface area contributed by atoms with Gasteiger partial charge in [-0.3, -0.25) is 19.3 Å². The van der Waals surface area contributed by atoms with Crippen molar-refractivity contribution in [3.05, 3.63) is 125 Å². The number of nitrogens with zero attached hydrogens (tertiary/aromatic N) is 3. The Labute approximate surface area is 263 Å². The van der Waals surface area contributed by atoms with Crippen LogP contribution in [-0.2, 0) is 27.6 Å². The van der Waals surface area contributed by atoms with E-state index in [1.807, 2.05) is 0 Å². The molecule has 5 rings (SSSR count). The molecule has 2 N–H and O–H groups in total. The molecule has 1 unspecified atom stereocenters. The molecule has 3 amide bonds. The fourth-order valence-corrected chi connectivity index (χ4v) is 5.48. The first kappa shape index (κ1) is 32.2. The smallest absolute Gasteiger partial charge is 0.347 e. The van der Waals surface area contributed by atoms with Gasteiger partial charge in [0.25, 0.3) is 11.8 Å². The third-order valence-electron chi connectivity index (χ3n) is 7.74. The van der Waals surface area contributed by atoms with Gasteiger partial charge in [0.2, 0.25) is 5.91 Å². The van der Waals surface area contributed by atoms with E-state index in [4.69, 9.17) is 12.9 Å². The number of hydrogen-bond donors (Lipinski definition) is 2. The number of hydrogen-bond acceptors (Lipinski definition) is 4. The van der Waals surface area contributed by atoms with Crippen molar-refractivity contribution in [1.29, 1.82) is 0 Å². The van der Waals surface area contributed by atoms with Crippen LogP contribution in [0.25, 0.3) is 5.69 Å². The van der Waals surface area contributed by atoms with Crippen LogP contribution in [0.5, 0.6) is 0 Å². The molecule has 234 valence electrons. The first-order valence-corrected chi connectivity index (χ1v) is 14.2. The topological polar surface area (TPSA) is 96.3 Å². The predicted molar refractivity (Wildman–Crippen MR) is 164 cm³/mol. The van der Waals surface area contributed by atoms with Crippen LogP contribution in [0.15, 0.2) is 91.0 Å². The van der Waals surface area contributed by atoms with E-state index in [0.717, 1.165) is 24.3 Å². The molecule has 0 bridgehead atoms. The van der Waals surface area contributed by atoms with Crippen LogP contribution in [0, 0.1) is 5.82 Å². The van der Waals surface area contributed by atoms with Gasteiger partial charge in [0.1, 0.15) is 17.7 Å². The van der Waals surface area contributed by atoms with E-state index in [1.165, 1.54) is 34.7 Å². The third-order valence-corrected chi connectivity index (χ3v) is 7.74. The van der Waals surface area contributed by atoms with Gasteiger partial charge in [-0.25, -0.2) is 9.07 Å². The van der Waals surface area contributed by atoms with Crippen molar-refractivity contribution in [3.8, 4) is 5.69 Å². The number of aromatic nitrogens is 2. The molecule has 0 saturated carbocycles. The molecule has 1 aliphatic heterocycles. The van der Waals surface area contributed by atoms with Crippen LogP contribution in [0.3, 0.4) is 0 Å². The van der Waals surface area contributed by atoms with E-state index in [9.17, 15) is 31.9 Å². The fraction of sp³-hybridized carbons (Fsp3) is 0.212. The van der Waals surface area contributed by atoms with Crippen molar-refractivity contribution in [2.45, 2.75) is 37.9 Å². The number of halogens is 4. The van der Waals surface area contributed by atoms with E-state index < -0.39 is 46.6 Å². The molecule has 4 aromatic rings. The van der Waals surface area contributed by atoms with Gasteiger partial charge in [0.15, 0.2) is 0 Å². The minimum atomic E-state index is -4.72. The molecule has 0 saturated heterocycles. The molecule has 0 aliphatic carbocycles. The van der Waals surface area contributed by atoms with Gasteiger partial charge in [-0.05, 0) is 61.9 Å². The number of rotatable bonds is 8. The number of nitrogens with one attached hydrogen (secondary N) is 2. The number of anilines is 1. The average Bonchev–Trinajstić information content (AvgIpc) is 3.42. The normalized spacial score (nSPS) is 17.7. The van der Waals surface area contributed by atoms with E-state index >= 15 is 0 Å². The van der Waals surface area contributed by atoms with E-state index in [-0.39, 0.29) is 46.9 Å². The Bertz CT molecular complexity index is 1830. The second-order valence-corrected chi connectivity index (χ2v) is 10.8. The number of carbonyl (C=O) groups excluding carboxylic acids is 3. The number of carbonyl (C=O) groups is 3. The second kappa shape index (κ2) is 12.3. The van der Waals surface area contributed by atoms with Gasteiger partial charge >= 0.3 is 6.18 Å². The Morgan fingerprint density at radius 2 is 1.72 bits per heavy atom. The van der Waals surface area contributed by atoms with Crippen molar-refractivity contribution in [3.63, 3.8) is 0 Å². The van der Waals surface area contributed by atoms with Crippen LogP contribution in [0.2, 0.25) is 0 Å². The summed E-state index contributed by atoms with van der Waals surface area (Å²) in [6.45, 7) is 6.78. The lowest BCUT2D eigenvalue weighted by Crippen LogP contribution is -2.64. The van der Waals surface area contributed by atoms with Gasteiger partial charge in [-0.15, -0.1) is 0 Å². The van der Waals surface area contributed by atoms with Gasteiger partial charge in [0.05, 0.1) is 31.3 Å². The Morgan fingerprint density at radius 3 is 2.33 bits per heavy atom. The molecule has 13 heteroatoms. The lowest BCUT2D eigenvalue weighted by atomic mass is 9.53. The van der Waals surface area contributed by atoms with Gasteiger partial charge in [-0.1, -0.05) is 43.0 Å². The Balaban J connectivity index is 1.75. The lowest BCUT2D eigenvalue weighted by Gasteiger charge is -2.46. The Morgan fingerprint density at radius 1 is 1.04 bits per heavy atom. The highest BCUT2D eigenvalue weighted by molar-refractivity contribution is 6.25. The molecule has 2 heterocycles. The van der Waals surface area contributed by atoms with Crippen LogP contribution in [-0.4, -0.2) is 47.9 Å². The molecule has 2 atom stereocenters. The van der Waals surface area contributed by atoms with Gasteiger partial charge in [-0.2, -0.15) is 18.3 Å². The predicted octanol–water partition coefficient (Wildman–Crippen LogP) is 4.80. The Hall–Kier alpha value is -5.20. The molecule has 1 aromatic heterocycles. The molecule has 46 heavy (non-hydrogen) atoms. The summed E-state index contributed by atoms with van der Waals surface area (Å²) in [5, 5.41) is 8.12. The monoisotopic (exact) mass is 629 g/mol. The van der Waals surface area contributed by atoms with Crippen molar-refractivity contribution in [2.24, 2.45) is 0 Å². The number of alkyl halides is 3. The Kier molecular flexibility index (Phi) is 8.61. The summed E-state index contributed by atoms with van der Waals surface area (Å²) < 4.78 is 56.1. The SMILES string of the molecule is [B]C1(c2ccc(F)cc2)c2c(CNC(=O)C(=C)C)nn(-c3ccccc3)c2N(CC)C(=O)[C@H]1NC(=O)c1cccc(C(F)(F)F)c1. The van der Waals surface area contributed by atoms with Gasteiger partial charge in [0, 0.05) is 28.6 Å². The molecule has 1 aliphatic rings. The molecule has 3 aromatic carbocycles. The van der Waals surface area contributed by atoms with E-state index in [0.29, 0.717) is 11.8 Å². The molecule has 0 fully saturated rings. The van der Waals surface area contributed by atoms with Crippen LogP contribution in [0.1, 0.15) is 46.6 Å². The van der Waals surface area contributed by atoms with Crippen LogP contribution >= 0.6 is 0 Å². The standard InChI is InChI=1S/C33H28BF4N5O3/c1-4-42-30-26(25(18-39-28(44)19(2)3)41-43(30)24-11-6-5-7-12-24)32(34,21-13-15-23(35)16-14-21)27(31(42)46)40-29(45)20-9-8-10-22(17-20)33(36,37)38/h5-17,27H,2,4,18H2,1,3H3,(H,39,44)(H,40,45)/t27-,32?/m1/s1. The first-order chi connectivity index (χ1) is 21.8. The van der Waals surface area contributed by atoms with Crippen molar-refractivity contribution in [1.82, 2.24) is 20.4 Å². The quantitative estimate of drug-likeness (QED) is 0.166. The highest BCUT2D eigenvalue weighted by Crippen LogP contribution is 2.46.